The maximum absolute atomic E-state index is 6.44. The summed E-state index contributed by atoms with van der Waals surface area (Å²) in [6.07, 6.45) is 0. The molecule has 0 atom stereocenters. The van der Waals surface area contributed by atoms with Gasteiger partial charge >= 0.3 is 0 Å². The summed E-state index contributed by atoms with van der Waals surface area (Å²) in [5, 5.41) is 25.8. The molecule has 0 unspecified atom stereocenters. The zero-order chi connectivity index (χ0) is 97.8. The average Bonchev–Trinajstić information content (AvgIpc) is 1.52. The molecule has 148 heavy (non-hydrogen) atoms. The molecule has 0 bridgehead atoms. The SMILES string of the molecule is C[Si]1(C)c2ccccc2-c2c1ccc1cc3c4cc(-c5cccc(-c6ccc(N(c7ccc(-c8ccccc8)cc7)c7ccc8ccccc8c7)cc6)c5)ccc4n(-c4ccccc4)c3cc21.c1ccc(-n2c3ccc(-c4cccc(-c5ccc(N(c6ccc7c(c6)oc6ccccc67)c6ccc7c(c6)oc6ccccc67)cc5)c4)cc3c3cc4ccc5c(c4cc32)-c2ccccc2[Si]5(c2ccccc2)c2ccccc2)cc1. The Morgan fingerprint density at radius 3 is 1.03 bits per heavy atom. The van der Waals surface area contributed by atoms with Gasteiger partial charge in [-0.15, -0.1) is 0 Å². The largest absolute Gasteiger partial charge is 0.456 e. The lowest BCUT2D eigenvalue weighted by atomic mass is 9.96. The topological polar surface area (TPSA) is 42.6 Å². The van der Waals surface area contributed by atoms with Crippen LogP contribution in [0.25, 0.3) is 209 Å². The Balaban J connectivity index is 0.000000142. The van der Waals surface area contributed by atoms with E-state index in [0.29, 0.717) is 0 Å². The highest BCUT2D eigenvalue weighted by molar-refractivity contribution is 7.22. The highest BCUT2D eigenvalue weighted by Crippen LogP contribution is 2.49. The molecule has 8 heteroatoms. The average molecular weight is 1920 g/mol. The van der Waals surface area contributed by atoms with Gasteiger partial charge in [-0.25, -0.2) is 0 Å². The number of anilines is 6. The third kappa shape index (κ3) is 14.0. The molecule has 0 saturated carbocycles. The molecule has 4 aromatic heterocycles. The van der Waals surface area contributed by atoms with Gasteiger partial charge in [0.15, 0.2) is 8.07 Å². The predicted molar refractivity (Wildman–Crippen MR) is 630 cm³/mol. The number of para-hydroxylation sites is 4. The molecule has 6 nitrogen and oxygen atoms in total. The lowest BCUT2D eigenvalue weighted by Crippen LogP contribution is -2.72. The molecule has 2 aliphatic rings. The van der Waals surface area contributed by atoms with E-state index in [1.54, 1.807) is 0 Å². The van der Waals surface area contributed by atoms with E-state index in [4.69, 9.17) is 8.83 Å². The Hall–Kier alpha value is -18.7. The molecule has 30 rings (SSSR count). The third-order valence-electron chi connectivity index (χ3n) is 31.6. The van der Waals surface area contributed by atoms with Crippen molar-refractivity contribution in [3.63, 3.8) is 0 Å². The second kappa shape index (κ2) is 34.5. The van der Waals surface area contributed by atoms with Gasteiger partial charge in [-0.05, 0) is 311 Å². The molecule has 24 aromatic carbocycles. The van der Waals surface area contributed by atoms with Crippen molar-refractivity contribution in [2.24, 2.45) is 0 Å². The van der Waals surface area contributed by atoms with E-state index in [0.717, 1.165) is 100 Å². The Kier molecular flexibility index (Phi) is 20.1. The van der Waals surface area contributed by atoms with E-state index >= 15 is 0 Å². The summed E-state index contributed by atoms with van der Waals surface area (Å²) < 4.78 is 17.8. The zero-order valence-electron chi connectivity index (χ0n) is 81.4. The molecule has 2 aliphatic heterocycles. The number of nitrogens with zero attached hydrogens (tertiary/aromatic N) is 4. The second-order valence-corrected chi connectivity index (χ2v) is 48.1. The molecule has 6 heterocycles. The number of hydrogen-bond acceptors (Lipinski definition) is 4. The van der Waals surface area contributed by atoms with E-state index in [9.17, 15) is 0 Å². The molecule has 0 fully saturated rings. The van der Waals surface area contributed by atoms with Crippen LogP contribution in [0.1, 0.15) is 0 Å². The Labute approximate surface area is 858 Å². The first-order chi connectivity index (χ1) is 73.1. The van der Waals surface area contributed by atoms with Crippen LogP contribution in [0, 0.1) is 0 Å². The van der Waals surface area contributed by atoms with Crippen LogP contribution in [0.5, 0.6) is 0 Å². The second-order valence-electron chi connectivity index (χ2n) is 40.1. The first-order valence-electron chi connectivity index (χ1n) is 51.1. The fourth-order valence-corrected chi connectivity index (χ4v) is 32.9. The molecular formula is C140H94N4O2Si2. The van der Waals surface area contributed by atoms with E-state index in [-0.39, 0.29) is 0 Å². The highest BCUT2D eigenvalue weighted by atomic mass is 28.3. The minimum Gasteiger partial charge on any atom is -0.456 e. The van der Waals surface area contributed by atoms with Crippen LogP contribution in [-0.2, 0) is 0 Å². The molecule has 0 radical (unpaired) electrons. The van der Waals surface area contributed by atoms with Crippen LogP contribution in [0.4, 0.5) is 34.1 Å². The first-order valence-corrected chi connectivity index (χ1v) is 56.1. The fourth-order valence-electron chi connectivity index (χ4n) is 24.6. The summed E-state index contributed by atoms with van der Waals surface area (Å²) in [6.45, 7) is 5.01. The van der Waals surface area contributed by atoms with Crippen LogP contribution in [0.3, 0.4) is 0 Å². The fraction of sp³-hybridized carbons (Fsp3) is 0.0143. The zero-order valence-corrected chi connectivity index (χ0v) is 83.4. The van der Waals surface area contributed by atoms with Crippen LogP contribution >= 0.6 is 0 Å². The molecule has 0 spiro atoms. The minimum atomic E-state index is -2.67. The van der Waals surface area contributed by atoms with E-state index in [1.165, 1.54) is 174 Å². The quantitative estimate of drug-likeness (QED) is 0.0960. The summed E-state index contributed by atoms with van der Waals surface area (Å²) in [5.41, 5.74) is 34.3. The molecule has 0 N–H and O–H groups in total. The number of benzene rings is 24. The third-order valence-corrected chi connectivity index (χ3v) is 40.0. The number of fused-ring (bicyclic) bond motifs is 23. The molecule has 694 valence electrons. The van der Waals surface area contributed by atoms with Gasteiger partial charge in [0, 0.05) is 101 Å². The molecular weight excluding hydrogens is 1830 g/mol. The van der Waals surface area contributed by atoms with Crippen molar-refractivity contribution in [2.45, 2.75) is 13.1 Å². The summed E-state index contributed by atoms with van der Waals surface area (Å²) in [6, 6.07) is 197. The highest BCUT2D eigenvalue weighted by Gasteiger charge is 2.49. The van der Waals surface area contributed by atoms with Crippen molar-refractivity contribution in [1.29, 1.82) is 0 Å². The van der Waals surface area contributed by atoms with Crippen molar-refractivity contribution in [3.8, 4) is 89.3 Å². The summed E-state index contributed by atoms with van der Waals surface area (Å²) in [5.74, 6) is 0. The predicted octanol–water partition coefficient (Wildman–Crippen LogP) is 34.3. The van der Waals surface area contributed by atoms with E-state index in [2.05, 4.69) is 542 Å². The summed E-state index contributed by atoms with van der Waals surface area (Å²) in [4.78, 5) is 4.65. The minimum absolute atomic E-state index is 0.845. The van der Waals surface area contributed by atoms with Gasteiger partial charge in [-0.3, -0.25) is 0 Å². The molecule has 28 aromatic rings. The van der Waals surface area contributed by atoms with Crippen LogP contribution in [0.2, 0.25) is 13.1 Å². The summed E-state index contributed by atoms with van der Waals surface area (Å²) >= 11 is 0. The van der Waals surface area contributed by atoms with Gasteiger partial charge in [-0.2, -0.15) is 0 Å². The van der Waals surface area contributed by atoms with Crippen molar-refractivity contribution >= 4 is 201 Å². The van der Waals surface area contributed by atoms with Crippen molar-refractivity contribution in [3.05, 3.63) is 534 Å². The van der Waals surface area contributed by atoms with Gasteiger partial charge < -0.3 is 27.8 Å². The van der Waals surface area contributed by atoms with Gasteiger partial charge in [0.1, 0.15) is 30.4 Å². The van der Waals surface area contributed by atoms with Crippen molar-refractivity contribution < 1.29 is 8.83 Å². The summed E-state index contributed by atoms with van der Waals surface area (Å²) in [7, 11) is -4.49. The monoisotopic (exact) mass is 1920 g/mol. The lowest BCUT2D eigenvalue weighted by molar-refractivity contribution is 0.669. The number of furan rings is 2. The van der Waals surface area contributed by atoms with Gasteiger partial charge in [0.2, 0.25) is 0 Å². The van der Waals surface area contributed by atoms with Gasteiger partial charge in [0.25, 0.3) is 0 Å². The van der Waals surface area contributed by atoms with Crippen LogP contribution in [-0.4, -0.2) is 25.3 Å². The van der Waals surface area contributed by atoms with Crippen LogP contribution in [0.15, 0.2) is 543 Å². The van der Waals surface area contributed by atoms with E-state index in [1.807, 2.05) is 24.3 Å². The van der Waals surface area contributed by atoms with Crippen molar-refractivity contribution in [1.82, 2.24) is 9.13 Å². The van der Waals surface area contributed by atoms with E-state index < -0.39 is 16.1 Å². The molecule has 0 amide bonds. The molecule has 0 saturated heterocycles. The Morgan fingerprint density at radius 2 is 0.520 bits per heavy atom. The Bertz CT molecular complexity index is 10000. The van der Waals surface area contributed by atoms with Gasteiger partial charge in [0.05, 0.1) is 22.1 Å². The number of rotatable bonds is 15. The van der Waals surface area contributed by atoms with Gasteiger partial charge in [-0.1, -0.05) is 365 Å². The number of aromatic nitrogens is 2. The number of hydrogen-bond donors (Lipinski definition) is 0. The smallest absolute Gasteiger partial charge is 0.180 e. The maximum Gasteiger partial charge on any atom is 0.180 e. The normalized spacial score (nSPS) is 12.8. The first kappa shape index (κ1) is 86.0. The maximum atomic E-state index is 6.44. The standard InChI is InChI=1S/C76H48N2O2Si.C64H46N2Si/c1-4-19-54(20-5-1)78-68-41-33-52(44-66(68)67-45-53-34-42-75-76(65(53)48-69(67)78)64-27-12-15-30-74(64)81(75,58-21-6-2-7-22-58)59-23-8-3-9-24-59)51-18-16-17-50(43-51)49-31-35-55(36-32-49)77(56-37-39-62-60-25-10-13-28-70(60)79-72(62)46-56)57-38-40-63-61-26-11-14-29-71(61)80-73(63)47-57;1-67(2)62-23-12-11-22-56(62)64-57-42-61-59(41-51(57)30-37-63(64)67)58-40-50(29-36-60(58)66(61)52-20-7-4-8-21-52)48-19-13-18-47(38-48)46-26-33-54(34-27-46)65(55-35-28-44-16-9-10-17-49(44)39-55)53-31-24-45(25-32-53)43-14-5-3-6-15-43/h1-48H;3-42H,1-2H3. The lowest BCUT2D eigenvalue weighted by Gasteiger charge is -2.31. The van der Waals surface area contributed by atoms with Crippen molar-refractivity contribution in [2.75, 3.05) is 9.80 Å². The Morgan fingerprint density at radius 1 is 0.182 bits per heavy atom. The van der Waals surface area contributed by atoms with Crippen LogP contribution < -0.4 is 40.9 Å². The molecule has 0 aliphatic carbocycles.